The Bertz CT molecular complexity index is 1280. The van der Waals surface area contributed by atoms with Crippen molar-refractivity contribution in [1.29, 1.82) is 0 Å². The first-order valence-corrected chi connectivity index (χ1v) is 11.6. The molecule has 32 heavy (non-hydrogen) atoms. The fourth-order valence-corrected chi connectivity index (χ4v) is 4.88. The van der Waals surface area contributed by atoms with Gasteiger partial charge in [0.15, 0.2) is 0 Å². The average Bonchev–Trinajstić information content (AvgIpc) is 3.24. The number of fused-ring (bicyclic) bond motifs is 3. The Hall–Kier alpha value is -3.23. The number of carbonyl (C=O) groups excluding carboxylic acids is 1. The third-order valence-corrected chi connectivity index (χ3v) is 6.41. The third kappa shape index (κ3) is 4.24. The maximum atomic E-state index is 13.0. The molecule has 3 heterocycles. The van der Waals surface area contributed by atoms with Crippen LogP contribution in [0.25, 0.3) is 21.0 Å². The molecule has 5 rings (SSSR count). The van der Waals surface area contributed by atoms with Gasteiger partial charge < -0.3 is 20.3 Å². The van der Waals surface area contributed by atoms with Crippen LogP contribution >= 0.6 is 11.3 Å². The van der Waals surface area contributed by atoms with Crippen LogP contribution in [0.4, 0.5) is 11.6 Å². The van der Waals surface area contributed by atoms with Crippen molar-refractivity contribution < 1.29 is 9.53 Å². The fraction of sp³-hybridized carbons (Fsp3) is 0.292. The zero-order chi connectivity index (χ0) is 22.1. The maximum Gasteiger partial charge on any atom is 0.264 e. The molecular formula is C24H25N5O2S. The number of ether oxygens (including phenoxy) is 1. The Morgan fingerprint density at radius 2 is 2.03 bits per heavy atom. The van der Waals surface area contributed by atoms with Crippen LogP contribution in [0.1, 0.15) is 23.5 Å². The normalized spacial score (nSPS) is 14.3. The lowest BCUT2D eigenvalue weighted by Gasteiger charge is -2.26. The molecule has 2 aromatic carbocycles. The highest BCUT2D eigenvalue weighted by atomic mass is 32.1. The van der Waals surface area contributed by atoms with Crippen molar-refractivity contribution in [2.75, 3.05) is 31.5 Å². The highest BCUT2D eigenvalue weighted by Crippen LogP contribution is 2.32. The zero-order valence-corrected chi connectivity index (χ0v) is 18.9. The molecule has 7 nitrogen and oxygen atoms in total. The van der Waals surface area contributed by atoms with E-state index in [0.717, 1.165) is 63.5 Å². The summed E-state index contributed by atoms with van der Waals surface area (Å²) in [4.78, 5) is 24.9. The molecular weight excluding hydrogens is 422 g/mol. The summed E-state index contributed by atoms with van der Waals surface area (Å²) in [7, 11) is 0. The molecule has 2 N–H and O–H groups in total. The Morgan fingerprint density at radius 3 is 2.84 bits per heavy atom. The molecule has 0 unspecified atom stereocenters. The summed E-state index contributed by atoms with van der Waals surface area (Å²) < 4.78 is 6.83. The van der Waals surface area contributed by atoms with Crippen LogP contribution in [-0.4, -0.2) is 53.1 Å². The number of anilines is 2. The molecule has 8 heteroatoms. The van der Waals surface area contributed by atoms with Gasteiger partial charge in [-0.3, -0.25) is 4.79 Å². The van der Waals surface area contributed by atoms with Gasteiger partial charge in [0.1, 0.15) is 5.75 Å². The Kier molecular flexibility index (Phi) is 5.63. The summed E-state index contributed by atoms with van der Waals surface area (Å²) in [5.74, 6) is 1.39. The van der Waals surface area contributed by atoms with Crippen LogP contribution in [0.5, 0.6) is 5.75 Å². The van der Waals surface area contributed by atoms with Gasteiger partial charge in [-0.15, -0.1) is 11.3 Å². The van der Waals surface area contributed by atoms with Crippen LogP contribution in [-0.2, 0) is 0 Å². The van der Waals surface area contributed by atoms with Gasteiger partial charge >= 0.3 is 0 Å². The molecule has 164 valence electrons. The van der Waals surface area contributed by atoms with Gasteiger partial charge in [-0.2, -0.15) is 0 Å². The average molecular weight is 448 g/mol. The molecule has 0 atom stereocenters. The van der Waals surface area contributed by atoms with Crippen molar-refractivity contribution in [1.82, 2.24) is 20.2 Å². The Morgan fingerprint density at radius 1 is 1.19 bits per heavy atom. The van der Waals surface area contributed by atoms with E-state index < -0.39 is 0 Å². The number of benzene rings is 2. The number of thiophene rings is 1. The van der Waals surface area contributed by atoms with Crippen molar-refractivity contribution in [3.05, 3.63) is 53.5 Å². The fourth-order valence-electron chi connectivity index (χ4n) is 3.85. The summed E-state index contributed by atoms with van der Waals surface area (Å²) in [6.07, 6.45) is 1.92. The van der Waals surface area contributed by atoms with Crippen molar-refractivity contribution in [2.45, 2.75) is 20.0 Å². The quantitative estimate of drug-likeness (QED) is 0.471. The molecule has 0 saturated carbocycles. The molecule has 4 aromatic rings. The van der Waals surface area contributed by atoms with Gasteiger partial charge in [0.2, 0.25) is 5.95 Å². The molecule has 0 radical (unpaired) electrons. The van der Waals surface area contributed by atoms with Gasteiger partial charge in [0.05, 0.1) is 16.5 Å². The second kappa shape index (κ2) is 8.72. The lowest BCUT2D eigenvalue weighted by Crippen LogP contribution is -2.46. The summed E-state index contributed by atoms with van der Waals surface area (Å²) >= 11 is 1.52. The van der Waals surface area contributed by atoms with Crippen LogP contribution in [0.2, 0.25) is 0 Å². The highest BCUT2D eigenvalue weighted by Gasteiger charge is 2.20. The lowest BCUT2D eigenvalue weighted by atomic mass is 10.1. The molecule has 1 aliphatic heterocycles. The van der Waals surface area contributed by atoms with Gasteiger partial charge in [-0.1, -0.05) is 6.07 Å². The number of nitrogens with zero attached hydrogens (tertiary/aromatic N) is 3. The molecule has 0 bridgehead atoms. The first kappa shape index (κ1) is 20.7. The number of nitrogens with one attached hydrogen (secondary N) is 2. The maximum absolute atomic E-state index is 13.0. The van der Waals surface area contributed by atoms with E-state index in [1.54, 1.807) is 0 Å². The van der Waals surface area contributed by atoms with E-state index in [2.05, 4.69) is 15.6 Å². The molecule has 1 fully saturated rings. The van der Waals surface area contributed by atoms with Gasteiger partial charge in [-0.25, -0.2) is 9.97 Å². The Balaban J connectivity index is 1.46. The second-order valence-corrected chi connectivity index (χ2v) is 9.16. The minimum Gasteiger partial charge on any atom is -0.491 e. The van der Waals surface area contributed by atoms with Crippen LogP contribution in [0.15, 0.2) is 48.7 Å². The van der Waals surface area contributed by atoms with E-state index in [9.17, 15) is 4.79 Å². The zero-order valence-electron chi connectivity index (χ0n) is 18.1. The van der Waals surface area contributed by atoms with E-state index in [-0.39, 0.29) is 12.0 Å². The number of hydrogen-bond acceptors (Lipinski definition) is 7. The smallest absolute Gasteiger partial charge is 0.264 e. The Labute approximate surface area is 190 Å². The van der Waals surface area contributed by atoms with E-state index in [1.165, 1.54) is 11.3 Å². The van der Waals surface area contributed by atoms with Crippen LogP contribution in [0, 0.1) is 0 Å². The number of piperazine rings is 1. The first-order valence-electron chi connectivity index (χ1n) is 10.8. The van der Waals surface area contributed by atoms with Crippen molar-refractivity contribution in [3.63, 3.8) is 0 Å². The SMILES string of the molecule is CC(C)Oc1cccc(Nc2ncc3ccc4sc(C(=O)N5CCNCC5)cc4c3n2)c1. The number of rotatable bonds is 5. The summed E-state index contributed by atoms with van der Waals surface area (Å²) in [6, 6.07) is 13.8. The molecule has 0 spiro atoms. The summed E-state index contributed by atoms with van der Waals surface area (Å²) in [5, 5.41) is 8.49. The minimum absolute atomic E-state index is 0.0928. The van der Waals surface area contributed by atoms with E-state index in [0.29, 0.717) is 5.95 Å². The third-order valence-electron chi connectivity index (χ3n) is 5.32. The van der Waals surface area contributed by atoms with E-state index in [1.807, 2.05) is 67.4 Å². The first-order chi connectivity index (χ1) is 15.6. The van der Waals surface area contributed by atoms with Crippen molar-refractivity contribution >= 4 is 49.9 Å². The van der Waals surface area contributed by atoms with Crippen molar-refractivity contribution in [2.24, 2.45) is 0 Å². The van der Waals surface area contributed by atoms with E-state index >= 15 is 0 Å². The monoisotopic (exact) mass is 447 g/mol. The van der Waals surface area contributed by atoms with E-state index in [4.69, 9.17) is 9.72 Å². The van der Waals surface area contributed by atoms with Crippen LogP contribution < -0.4 is 15.4 Å². The topological polar surface area (TPSA) is 79.4 Å². The molecule has 0 aliphatic carbocycles. The number of carbonyl (C=O) groups is 1. The minimum atomic E-state index is 0.0928. The summed E-state index contributed by atoms with van der Waals surface area (Å²) in [6.45, 7) is 7.16. The highest BCUT2D eigenvalue weighted by molar-refractivity contribution is 7.21. The van der Waals surface area contributed by atoms with Gasteiger partial charge in [0.25, 0.3) is 5.91 Å². The predicted molar refractivity (Wildman–Crippen MR) is 129 cm³/mol. The molecule has 1 amide bonds. The predicted octanol–water partition coefficient (Wildman–Crippen LogP) is 4.42. The molecule has 1 aliphatic rings. The standard InChI is InChI=1S/C24H25N5O2S/c1-15(2)31-18-5-3-4-17(12-18)27-24-26-14-16-6-7-20-19(22(16)28-24)13-21(32-20)23(30)29-10-8-25-9-11-29/h3-7,12-15,25H,8-11H2,1-2H3,(H,26,27,28). The summed E-state index contributed by atoms with van der Waals surface area (Å²) in [5.41, 5.74) is 1.69. The lowest BCUT2D eigenvalue weighted by molar-refractivity contribution is 0.0741. The van der Waals surface area contributed by atoms with Crippen LogP contribution in [0.3, 0.4) is 0 Å². The number of aromatic nitrogens is 2. The number of hydrogen-bond donors (Lipinski definition) is 2. The number of amides is 1. The van der Waals surface area contributed by atoms with Gasteiger partial charge in [0, 0.05) is 59.6 Å². The van der Waals surface area contributed by atoms with Crippen molar-refractivity contribution in [3.8, 4) is 5.75 Å². The van der Waals surface area contributed by atoms with Gasteiger partial charge in [-0.05, 0) is 44.2 Å². The largest absolute Gasteiger partial charge is 0.491 e. The second-order valence-electron chi connectivity index (χ2n) is 8.08. The molecule has 2 aromatic heterocycles. The molecule has 1 saturated heterocycles.